The van der Waals surface area contributed by atoms with E-state index in [9.17, 15) is 13.2 Å². The Hall–Kier alpha value is -0.960. The van der Waals surface area contributed by atoms with E-state index in [-0.39, 0.29) is 16.7 Å². The van der Waals surface area contributed by atoms with Crippen molar-refractivity contribution in [3.63, 3.8) is 0 Å². The van der Waals surface area contributed by atoms with Crippen LogP contribution in [0.1, 0.15) is 0 Å². The predicted octanol–water partition coefficient (Wildman–Crippen LogP) is 0.292. The molecule has 1 aromatic rings. The third-order valence-electron chi connectivity index (χ3n) is 4.47. The molecule has 1 amide bonds. The SMILES string of the molecule is CN(C)CC1[C@H]2CN(C(=O)CNS(=O)(=O)c3cccs3)C[C@@H]12. The van der Waals surface area contributed by atoms with Crippen LogP contribution in [0.25, 0.3) is 0 Å². The molecule has 1 aliphatic carbocycles. The molecule has 3 atom stereocenters. The van der Waals surface area contributed by atoms with Crippen molar-refractivity contribution in [2.75, 3.05) is 40.3 Å². The van der Waals surface area contributed by atoms with Crippen molar-refractivity contribution >= 4 is 27.3 Å². The maximum Gasteiger partial charge on any atom is 0.250 e. The number of likely N-dealkylation sites (tertiary alicyclic amines) is 1. The molecule has 1 aromatic heterocycles. The van der Waals surface area contributed by atoms with Crippen molar-refractivity contribution in [2.45, 2.75) is 4.21 Å². The molecule has 0 radical (unpaired) electrons. The van der Waals surface area contributed by atoms with Gasteiger partial charge in [-0.25, -0.2) is 13.1 Å². The van der Waals surface area contributed by atoms with Gasteiger partial charge in [-0.15, -0.1) is 11.3 Å². The van der Waals surface area contributed by atoms with Crippen molar-refractivity contribution in [3.05, 3.63) is 17.5 Å². The normalized spacial score (nSPS) is 27.2. The number of hydrogen-bond acceptors (Lipinski definition) is 5. The molecule has 1 N–H and O–H groups in total. The third kappa shape index (κ3) is 3.19. The number of fused-ring (bicyclic) bond motifs is 1. The number of piperidine rings is 1. The molecule has 6 nitrogen and oxygen atoms in total. The van der Waals surface area contributed by atoms with Gasteiger partial charge < -0.3 is 9.80 Å². The maximum atomic E-state index is 12.1. The van der Waals surface area contributed by atoms with Gasteiger partial charge in [-0.3, -0.25) is 4.79 Å². The van der Waals surface area contributed by atoms with Gasteiger partial charge in [-0.05, 0) is 43.3 Å². The molecule has 0 aromatic carbocycles. The van der Waals surface area contributed by atoms with Crippen molar-refractivity contribution in [2.24, 2.45) is 17.8 Å². The fraction of sp³-hybridized carbons (Fsp3) is 0.643. The van der Waals surface area contributed by atoms with Gasteiger partial charge in [0.05, 0.1) is 6.54 Å². The fourth-order valence-electron chi connectivity index (χ4n) is 3.30. The van der Waals surface area contributed by atoms with Crippen molar-refractivity contribution in [1.29, 1.82) is 0 Å². The zero-order valence-electron chi connectivity index (χ0n) is 12.7. The predicted molar refractivity (Wildman–Crippen MR) is 85.1 cm³/mol. The van der Waals surface area contributed by atoms with E-state index in [0.29, 0.717) is 17.8 Å². The van der Waals surface area contributed by atoms with Gasteiger partial charge in [0.1, 0.15) is 4.21 Å². The summed E-state index contributed by atoms with van der Waals surface area (Å²) in [7, 11) is 0.575. The second kappa shape index (κ2) is 5.92. The topological polar surface area (TPSA) is 69.7 Å². The van der Waals surface area contributed by atoms with Crippen LogP contribution in [-0.4, -0.2) is 64.4 Å². The lowest BCUT2D eigenvalue weighted by atomic mass is 10.2. The first-order chi connectivity index (χ1) is 10.4. The van der Waals surface area contributed by atoms with E-state index in [2.05, 4.69) is 23.7 Å². The summed E-state index contributed by atoms with van der Waals surface area (Å²) in [5.74, 6) is 1.76. The first-order valence-electron chi connectivity index (χ1n) is 7.34. The summed E-state index contributed by atoms with van der Waals surface area (Å²) in [5.41, 5.74) is 0. The minimum Gasteiger partial charge on any atom is -0.341 e. The second-order valence-corrected chi connectivity index (χ2v) is 9.25. The highest BCUT2D eigenvalue weighted by Crippen LogP contribution is 2.51. The van der Waals surface area contributed by atoms with Crippen LogP contribution in [0.15, 0.2) is 21.7 Å². The average molecular weight is 343 g/mol. The molecule has 0 bridgehead atoms. The molecule has 1 saturated carbocycles. The van der Waals surface area contributed by atoms with Gasteiger partial charge in [0, 0.05) is 19.6 Å². The van der Waals surface area contributed by atoms with Crippen LogP contribution in [0, 0.1) is 17.8 Å². The molecular weight excluding hydrogens is 322 g/mol. The van der Waals surface area contributed by atoms with Crippen molar-refractivity contribution in [1.82, 2.24) is 14.5 Å². The van der Waals surface area contributed by atoms with Crippen LogP contribution in [-0.2, 0) is 14.8 Å². The van der Waals surface area contributed by atoms with Crippen molar-refractivity contribution < 1.29 is 13.2 Å². The monoisotopic (exact) mass is 343 g/mol. The number of nitrogens with one attached hydrogen (secondary N) is 1. The van der Waals surface area contributed by atoms with Crippen LogP contribution in [0.2, 0.25) is 0 Å². The first-order valence-corrected chi connectivity index (χ1v) is 9.70. The lowest BCUT2D eigenvalue weighted by Crippen LogP contribution is -2.40. The number of thiophene rings is 1. The van der Waals surface area contributed by atoms with Crippen LogP contribution >= 0.6 is 11.3 Å². The van der Waals surface area contributed by atoms with Gasteiger partial charge in [0.2, 0.25) is 5.91 Å². The number of nitrogens with zero attached hydrogens (tertiary/aromatic N) is 2. The average Bonchev–Trinajstić information content (AvgIpc) is 2.96. The Labute approximate surface area is 135 Å². The highest BCUT2D eigenvalue weighted by Gasteiger charge is 2.56. The molecule has 22 heavy (non-hydrogen) atoms. The summed E-state index contributed by atoms with van der Waals surface area (Å²) in [5, 5.41) is 1.70. The van der Waals surface area contributed by atoms with Gasteiger partial charge >= 0.3 is 0 Å². The Morgan fingerprint density at radius 3 is 2.64 bits per heavy atom. The third-order valence-corrected chi connectivity index (χ3v) is 7.27. The number of rotatable bonds is 6. The van der Waals surface area contributed by atoms with E-state index in [0.717, 1.165) is 31.0 Å². The van der Waals surface area contributed by atoms with E-state index in [4.69, 9.17) is 0 Å². The van der Waals surface area contributed by atoms with E-state index in [1.54, 1.807) is 16.3 Å². The van der Waals surface area contributed by atoms with Gasteiger partial charge in [-0.1, -0.05) is 6.07 Å². The number of carbonyl (C=O) groups is 1. The zero-order chi connectivity index (χ0) is 15.9. The van der Waals surface area contributed by atoms with E-state index < -0.39 is 10.0 Å². The zero-order valence-corrected chi connectivity index (χ0v) is 14.4. The van der Waals surface area contributed by atoms with Gasteiger partial charge in [-0.2, -0.15) is 0 Å². The minimum atomic E-state index is -3.56. The standard InChI is InChI=1S/C14H21N3O3S2/c1-16(2)7-10-11-8-17(9-12(10)11)13(18)6-15-22(19,20)14-4-3-5-21-14/h3-5,10-12,15H,6-9H2,1-2H3/t10?,11-,12+. The second-order valence-electron chi connectivity index (χ2n) is 6.31. The molecule has 8 heteroatoms. The van der Waals surface area contributed by atoms with Crippen LogP contribution in [0.5, 0.6) is 0 Å². The summed E-state index contributed by atoms with van der Waals surface area (Å²) in [6.45, 7) is 2.45. The highest BCUT2D eigenvalue weighted by molar-refractivity contribution is 7.91. The summed E-state index contributed by atoms with van der Waals surface area (Å²) < 4.78 is 26.6. The van der Waals surface area contributed by atoms with E-state index in [1.807, 2.05) is 0 Å². The molecule has 2 aliphatic rings. The molecule has 3 rings (SSSR count). The van der Waals surface area contributed by atoms with Crippen LogP contribution in [0.3, 0.4) is 0 Å². The summed E-state index contributed by atoms with van der Waals surface area (Å²) in [6.07, 6.45) is 0. The van der Waals surface area contributed by atoms with E-state index >= 15 is 0 Å². The largest absolute Gasteiger partial charge is 0.341 e. The number of hydrogen-bond donors (Lipinski definition) is 1. The summed E-state index contributed by atoms with van der Waals surface area (Å²) in [6, 6.07) is 3.22. The highest BCUT2D eigenvalue weighted by atomic mass is 32.2. The molecule has 122 valence electrons. The molecule has 1 aliphatic heterocycles. The van der Waals surface area contributed by atoms with Crippen molar-refractivity contribution in [3.8, 4) is 0 Å². The summed E-state index contributed by atoms with van der Waals surface area (Å²) >= 11 is 1.15. The summed E-state index contributed by atoms with van der Waals surface area (Å²) in [4.78, 5) is 16.1. The maximum absolute atomic E-state index is 12.1. The van der Waals surface area contributed by atoms with Crippen LogP contribution < -0.4 is 4.72 Å². The first kappa shape index (κ1) is 15.9. The Bertz CT molecular complexity index is 630. The molecule has 2 fully saturated rings. The Morgan fingerprint density at radius 1 is 1.41 bits per heavy atom. The lowest BCUT2D eigenvalue weighted by Gasteiger charge is -2.21. The lowest BCUT2D eigenvalue weighted by molar-refractivity contribution is -0.129. The fourth-order valence-corrected chi connectivity index (χ4v) is 5.31. The Balaban J connectivity index is 1.47. The molecular formula is C14H21N3O3S2. The Morgan fingerprint density at radius 2 is 2.09 bits per heavy atom. The minimum absolute atomic E-state index is 0.129. The molecule has 1 saturated heterocycles. The van der Waals surface area contributed by atoms with Gasteiger partial charge in [0.15, 0.2) is 0 Å². The quantitative estimate of drug-likeness (QED) is 0.806. The smallest absolute Gasteiger partial charge is 0.250 e. The molecule has 0 spiro atoms. The number of sulfonamides is 1. The Kier molecular flexibility index (Phi) is 4.28. The molecule has 2 heterocycles. The van der Waals surface area contributed by atoms with E-state index in [1.165, 1.54) is 6.07 Å². The number of amides is 1. The number of carbonyl (C=O) groups excluding carboxylic acids is 1. The van der Waals surface area contributed by atoms with Gasteiger partial charge in [0.25, 0.3) is 10.0 Å². The molecule has 1 unspecified atom stereocenters. The van der Waals surface area contributed by atoms with Crippen LogP contribution in [0.4, 0.5) is 0 Å².